The van der Waals surface area contributed by atoms with Crippen molar-refractivity contribution in [3.8, 4) is 5.75 Å². The molecule has 0 saturated heterocycles. The molecular weight excluding hydrogens is 332 g/mol. The lowest BCUT2D eigenvalue weighted by atomic mass is 10.2. The van der Waals surface area contributed by atoms with E-state index in [4.69, 9.17) is 9.47 Å². The Morgan fingerprint density at radius 2 is 1.81 bits per heavy atom. The summed E-state index contributed by atoms with van der Waals surface area (Å²) in [5, 5.41) is 5.61. The Morgan fingerprint density at radius 3 is 2.58 bits per heavy atom. The Hall–Kier alpha value is -2.86. The first-order valence-corrected chi connectivity index (χ1v) is 8.49. The molecule has 0 unspecified atom stereocenters. The van der Waals surface area contributed by atoms with Crippen LogP contribution in [0, 0.1) is 0 Å². The van der Waals surface area contributed by atoms with Crippen LogP contribution < -0.4 is 15.4 Å². The Bertz CT molecular complexity index is 704. The molecule has 0 radical (unpaired) electrons. The maximum absolute atomic E-state index is 11.9. The van der Waals surface area contributed by atoms with Crippen LogP contribution in [0.2, 0.25) is 0 Å². The van der Waals surface area contributed by atoms with Crippen LogP contribution in [0.5, 0.6) is 5.75 Å². The molecule has 0 atom stereocenters. The van der Waals surface area contributed by atoms with Gasteiger partial charge < -0.3 is 20.1 Å². The van der Waals surface area contributed by atoms with E-state index in [9.17, 15) is 9.59 Å². The van der Waals surface area contributed by atoms with E-state index in [0.717, 1.165) is 11.3 Å². The minimum absolute atomic E-state index is 0.00597. The lowest BCUT2D eigenvalue weighted by molar-refractivity contribution is -0.121. The van der Waals surface area contributed by atoms with E-state index in [1.807, 2.05) is 48.5 Å². The van der Waals surface area contributed by atoms with E-state index >= 15 is 0 Å². The molecule has 0 aliphatic heterocycles. The second-order valence-corrected chi connectivity index (χ2v) is 5.72. The summed E-state index contributed by atoms with van der Waals surface area (Å²) in [4.78, 5) is 23.4. The molecule has 2 aromatic carbocycles. The molecule has 0 heterocycles. The maximum Gasteiger partial charge on any atom is 0.250 e. The van der Waals surface area contributed by atoms with Crippen molar-refractivity contribution < 1.29 is 19.1 Å². The van der Waals surface area contributed by atoms with Gasteiger partial charge in [0.15, 0.2) is 0 Å². The number of benzene rings is 2. The maximum atomic E-state index is 11.9. The molecule has 2 rings (SSSR count). The van der Waals surface area contributed by atoms with Crippen molar-refractivity contribution in [3.05, 3.63) is 60.2 Å². The number of amides is 2. The average Bonchev–Trinajstić information content (AvgIpc) is 2.65. The topological polar surface area (TPSA) is 76.7 Å². The molecule has 0 aliphatic carbocycles. The number of nitrogens with one attached hydrogen (secondary N) is 2. The minimum Gasteiger partial charge on any atom is -0.494 e. The van der Waals surface area contributed by atoms with Gasteiger partial charge in [-0.3, -0.25) is 9.59 Å². The van der Waals surface area contributed by atoms with Crippen LogP contribution in [0.1, 0.15) is 18.4 Å². The average molecular weight is 356 g/mol. The number of hydrogen-bond acceptors (Lipinski definition) is 4. The predicted octanol–water partition coefficient (Wildman–Crippen LogP) is 2.75. The van der Waals surface area contributed by atoms with Crippen LogP contribution in [0.15, 0.2) is 54.6 Å². The Kier molecular flexibility index (Phi) is 8.15. The van der Waals surface area contributed by atoms with Crippen LogP contribution in [0.3, 0.4) is 0 Å². The fourth-order valence-electron chi connectivity index (χ4n) is 2.32. The molecule has 138 valence electrons. The standard InChI is InChI=1S/C20H24N2O4/c1-25-15-20(24)22-17-8-5-7-16(13-17)14-21-19(23)11-6-12-26-18-9-3-2-4-10-18/h2-5,7-10,13H,6,11-12,14-15H2,1H3,(H,21,23)(H,22,24). The highest BCUT2D eigenvalue weighted by molar-refractivity contribution is 5.91. The summed E-state index contributed by atoms with van der Waals surface area (Å²) in [7, 11) is 1.47. The van der Waals surface area contributed by atoms with Crippen molar-refractivity contribution in [1.82, 2.24) is 5.32 Å². The first-order valence-electron chi connectivity index (χ1n) is 8.49. The number of anilines is 1. The van der Waals surface area contributed by atoms with Crippen LogP contribution >= 0.6 is 0 Å². The Balaban J connectivity index is 1.67. The largest absolute Gasteiger partial charge is 0.494 e. The minimum atomic E-state index is -0.216. The zero-order valence-electron chi connectivity index (χ0n) is 14.9. The van der Waals surface area contributed by atoms with Gasteiger partial charge >= 0.3 is 0 Å². The van der Waals surface area contributed by atoms with E-state index in [1.54, 1.807) is 6.07 Å². The highest BCUT2D eigenvalue weighted by Gasteiger charge is 2.04. The number of hydrogen-bond donors (Lipinski definition) is 2. The summed E-state index contributed by atoms with van der Waals surface area (Å²) in [6.07, 6.45) is 1.05. The third-order valence-electron chi connectivity index (χ3n) is 3.54. The number of rotatable bonds is 10. The van der Waals surface area contributed by atoms with Gasteiger partial charge in [0, 0.05) is 25.8 Å². The fourth-order valence-corrected chi connectivity index (χ4v) is 2.32. The van der Waals surface area contributed by atoms with Gasteiger partial charge in [-0.25, -0.2) is 0 Å². The van der Waals surface area contributed by atoms with Gasteiger partial charge in [-0.05, 0) is 36.2 Å². The van der Waals surface area contributed by atoms with Crippen LogP contribution in [0.25, 0.3) is 0 Å². The normalized spacial score (nSPS) is 10.2. The van der Waals surface area contributed by atoms with Gasteiger partial charge in [0.25, 0.3) is 0 Å². The van der Waals surface area contributed by atoms with Gasteiger partial charge in [-0.1, -0.05) is 30.3 Å². The summed E-state index contributed by atoms with van der Waals surface area (Å²) in [5.74, 6) is 0.558. The van der Waals surface area contributed by atoms with E-state index < -0.39 is 0 Å². The molecule has 0 aromatic heterocycles. The van der Waals surface area contributed by atoms with Crippen molar-refractivity contribution in [2.24, 2.45) is 0 Å². The molecule has 2 aromatic rings. The molecule has 0 spiro atoms. The SMILES string of the molecule is COCC(=O)Nc1cccc(CNC(=O)CCCOc2ccccc2)c1. The van der Waals surface area contributed by atoms with E-state index in [2.05, 4.69) is 10.6 Å². The second kappa shape index (κ2) is 10.9. The zero-order valence-corrected chi connectivity index (χ0v) is 14.9. The van der Waals surface area contributed by atoms with Gasteiger partial charge in [-0.15, -0.1) is 0 Å². The van der Waals surface area contributed by atoms with Crippen LogP contribution in [-0.2, 0) is 20.9 Å². The zero-order chi connectivity index (χ0) is 18.6. The third kappa shape index (κ3) is 7.36. The summed E-state index contributed by atoms with van der Waals surface area (Å²) < 4.78 is 10.3. The van der Waals surface area contributed by atoms with Gasteiger partial charge in [0.05, 0.1) is 6.61 Å². The monoisotopic (exact) mass is 356 g/mol. The van der Waals surface area contributed by atoms with Crippen molar-refractivity contribution in [3.63, 3.8) is 0 Å². The van der Waals surface area contributed by atoms with Gasteiger partial charge in [0.1, 0.15) is 12.4 Å². The highest BCUT2D eigenvalue weighted by atomic mass is 16.5. The molecule has 6 heteroatoms. The van der Waals surface area contributed by atoms with Crippen molar-refractivity contribution in [1.29, 1.82) is 0 Å². The molecular formula is C20H24N2O4. The summed E-state index contributed by atoms with van der Waals surface area (Å²) in [6, 6.07) is 16.9. The Labute approximate surface area is 153 Å². The predicted molar refractivity (Wildman–Crippen MR) is 100.0 cm³/mol. The van der Waals surface area contributed by atoms with Gasteiger partial charge in [0.2, 0.25) is 11.8 Å². The molecule has 0 aliphatic rings. The molecule has 0 fully saturated rings. The number of ether oxygens (including phenoxy) is 2. The van der Waals surface area contributed by atoms with Crippen molar-refractivity contribution in [2.75, 3.05) is 25.6 Å². The number of carbonyl (C=O) groups is 2. The third-order valence-corrected chi connectivity index (χ3v) is 3.54. The second-order valence-electron chi connectivity index (χ2n) is 5.72. The molecule has 0 saturated carbocycles. The van der Waals surface area contributed by atoms with E-state index in [1.165, 1.54) is 7.11 Å². The van der Waals surface area contributed by atoms with E-state index in [0.29, 0.717) is 31.7 Å². The van der Waals surface area contributed by atoms with Crippen LogP contribution in [0.4, 0.5) is 5.69 Å². The summed E-state index contributed by atoms with van der Waals surface area (Å²) in [6.45, 7) is 0.914. The molecule has 0 bridgehead atoms. The summed E-state index contributed by atoms with van der Waals surface area (Å²) in [5.41, 5.74) is 1.59. The first-order chi connectivity index (χ1) is 12.7. The molecule has 2 N–H and O–H groups in total. The summed E-state index contributed by atoms with van der Waals surface area (Å²) >= 11 is 0. The number of para-hydroxylation sites is 1. The van der Waals surface area contributed by atoms with Crippen molar-refractivity contribution >= 4 is 17.5 Å². The van der Waals surface area contributed by atoms with Crippen LogP contribution in [-0.4, -0.2) is 32.1 Å². The quantitative estimate of drug-likeness (QED) is 0.642. The first kappa shape index (κ1) is 19.5. The molecule has 6 nitrogen and oxygen atoms in total. The Morgan fingerprint density at radius 1 is 1.00 bits per heavy atom. The molecule has 2 amide bonds. The van der Waals surface area contributed by atoms with E-state index in [-0.39, 0.29) is 18.4 Å². The number of methoxy groups -OCH3 is 1. The van der Waals surface area contributed by atoms with Gasteiger partial charge in [-0.2, -0.15) is 0 Å². The lowest BCUT2D eigenvalue weighted by Gasteiger charge is -2.09. The highest BCUT2D eigenvalue weighted by Crippen LogP contribution is 2.11. The fraction of sp³-hybridized carbons (Fsp3) is 0.300. The number of carbonyl (C=O) groups excluding carboxylic acids is 2. The van der Waals surface area contributed by atoms with Crippen molar-refractivity contribution in [2.45, 2.75) is 19.4 Å². The molecule has 26 heavy (non-hydrogen) atoms. The smallest absolute Gasteiger partial charge is 0.250 e. The lowest BCUT2D eigenvalue weighted by Crippen LogP contribution is -2.23.